The monoisotopic (exact) mass is 505 g/mol. The van der Waals surface area contributed by atoms with E-state index in [4.69, 9.17) is 32.9 Å². The Labute approximate surface area is 207 Å². The molecule has 3 heterocycles. The van der Waals surface area contributed by atoms with Gasteiger partial charge in [0.1, 0.15) is 16.9 Å². The fourth-order valence-electron chi connectivity index (χ4n) is 3.99. The summed E-state index contributed by atoms with van der Waals surface area (Å²) in [6, 6.07) is 7.25. The van der Waals surface area contributed by atoms with Crippen LogP contribution in [0.5, 0.6) is 0 Å². The lowest BCUT2D eigenvalue weighted by Gasteiger charge is -2.37. The molecule has 7 nitrogen and oxygen atoms in total. The molecule has 2 aromatic rings. The zero-order chi connectivity index (χ0) is 23.6. The first-order chi connectivity index (χ1) is 15.8. The number of piperazine rings is 1. The van der Waals surface area contributed by atoms with Crippen molar-refractivity contribution < 1.29 is 9.53 Å². The second kappa shape index (κ2) is 10.1. The van der Waals surface area contributed by atoms with Gasteiger partial charge in [0, 0.05) is 43.2 Å². The van der Waals surface area contributed by atoms with Crippen molar-refractivity contribution in [1.29, 1.82) is 5.26 Å². The summed E-state index contributed by atoms with van der Waals surface area (Å²) in [5.74, 6) is 0.713. The Morgan fingerprint density at radius 3 is 2.79 bits per heavy atom. The van der Waals surface area contributed by atoms with Gasteiger partial charge in [0.15, 0.2) is 0 Å². The van der Waals surface area contributed by atoms with Crippen LogP contribution in [0.1, 0.15) is 30.5 Å². The van der Waals surface area contributed by atoms with Crippen LogP contribution in [0.2, 0.25) is 10.0 Å². The van der Waals surface area contributed by atoms with Gasteiger partial charge in [-0.1, -0.05) is 35.0 Å². The summed E-state index contributed by atoms with van der Waals surface area (Å²) in [5.41, 5.74) is 2.61. The van der Waals surface area contributed by atoms with Crippen molar-refractivity contribution in [2.24, 2.45) is 0 Å². The average Bonchev–Trinajstić information content (AvgIpc) is 2.78. The Morgan fingerprint density at radius 1 is 1.33 bits per heavy atom. The molecule has 2 aliphatic heterocycles. The fourth-order valence-corrected chi connectivity index (χ4v) is 5.25. The number of rotatable bonds is 5. The molecular formula is C23H25Cl2N5O2S. The molecule has 0 aliphatic carbocycles. The lowest BCUT2D eigenvalue weighted by atomic mass is 9.89. The Bertz CT molecular complexity index is 1110. The number of amides is 1. The second-order valence-electron chi connectivity index (χ2n) is 8.61. The summed E-state index contributed by atoms with van der Waals surface area (Å²) in [4.78, 5) is 19.7. The first-order valence-corrected chi connectivity index (χ1v) is 12.4. The number of ether oxygens (including phenoxy) is 1. The Hall–Kier alpha value is -2.02. The molecule has 1 fully saturated rings. The number of carbonyl (C=O) groups excluding carboxylic acids is 1. The smallest absolute Gasteiger partial charge is 0.234 e. The number of carbonyl (C=O) groups is 1. The van der Waals surface area contributed by atoms with E-state index in [9.17, 15) is 10.1 Å². The number of aromatic nitrogens is 1. The molecule has 174 valence electrons. The molecular weight excluding hydrogens is 481 g/mol. The molecule has 33 heavy (non-hydrogen) atoms. The van der Waals surface area contributed by atoms with Crippen LogP contribution in [-0.4, -0.2) is 48.4 Å². The number of thioether (sulfide) groups is 1. The number of anilines is 2. The Kier molecular flexibility index (Phi) is 7.37. The number of nitrogens with zero attached hydrogens (tertiary/aromatic N) is 3. The average molecular weight is 506 g/mol. The number of hydrogen-bond acceptors (Lipinski definition) is 7. The molecule has 2 aliphatic rings. The maximum Gasteiger partial charge on any atom is 0.234 e. The number of benzene rings is 1. The first-order valence-electron chi connectivity index (χ1n) is 10.7. The molecule has 0 atom stereocenters. The van der Waals surface area contributed by atoms with Crippen LogP contribution < -0.4 is 15.5 Å². The zero-order valence-corrected chi connectivity index (χ0v) is 20.8. The van der Waals surface area contributed by atoms with Gasteiger partial charge >= 0.3 is 0 Å². The van der Waals surface area contributed by atoms with E-state index in [-0.39, 0.29) is 17.3 Å². The van der Waals surface area contributed by atoms with Crippen molar-refractivity contribution in [3.05, 3.63) is 44.9 Å². The van der Waals surface area contributed by atoms with E-state index in [0.717, 1.165) is 43.1 Å². The van der Waals surface area contributed by atoms with Gasteiger partial charge in [-0.25, -0.2) is 4.98 Å². The molecule has 0 spiro atoms. The predicted molar refractivity (Wildman–Crippen MR) is 132 cm³/mol. The van der Waals surface area contributed by atoms with Gasteiger partial charge in [-0.3, -0.25) is 4.79 Å². The van der Waals surface area contributed by atoms with Gasteiger partial charge in [-0.15, -0.1) is 0 Å². The van der Waals surface area contributed by atoms with Gasteiger partial charge in [0.05, 0.1) is 34.2 Å². The Morgan fingerprint density at radius 2 is 2.09 bits per heavy atom. The topological polar surface area (TPSA) is 90.3 Å². The maximum absolute atomic E-state index is 12.6. The van der Waals surface area contributed by atoms with Crippen molar-refractivity contribution in [1.82, 2.24) is 10.3 Å². The summed E-state index contributed by atoms with van der Waals surface area (Å²) in [6.45, 7) is 7.87. The second-order valence-corrected chi connectivity index (χ2v) is 10.4. The first kappa shape index (κ1) is 24.1. The van der Waals surface area contributed by atoms with Crippen molar-refractivity contribution in [2.75, 3.05) is 42.1 Å². The summed E-state index contributed by atoms with van der Waals surface area (Å²) in [6.07, 6.45) is 0.618. The van der Waals surface area contributed by atoms with Crippen LogP contribution >= 0.6 is 35.0 Å². The highest BCUT2D eigenvalue weighted by atomic mass is 35.5. The lowest BCUT2D eigenvalue weighted by molar-refractivity contribution is -0.113. The van der Waals surface area contributed by atoms with E-state index in [1.54, 1.807) is 18.2 Å². The molecule has 10 heteroatoms. The Balaban J connectivity index is 1.61. The number of nitriles is 1. The number of pyridine rings is 1. The molecule has 2 N–H and O–H groups in total. The minimum Gasteiger partial charge on any atom is -0.370 e. The SMILES string of the molecule is CC1(C)Cc2c(C#N)c(SCC(=O)Nc3ccc(Cl)cc3Cl)nc(N3CCNCC3)c2CO1. The van der Waals surface area contributed by atoms with Gasteiger partial charge < -0.3 is 20.3 Å². The van der Waals surface area contributed by atoms with Crippen molar-refractivity contribution in [3.8, 4) is 6.07 Å². The zero-order valence-electron chi connectivity index (χ0n) is 18.5. The molecule has 1 saturated heterocycles. The van der Waals surface area contributed by atoms with Gasteiger partial charge in [0.25, 0.3) is 0 Å². The fraction of sp³-hybridized carbons (Fsp3) is 0.435. The molecule has 0 unspecified atom stereocenters. The van der Waals surface area contributed by atoms with Gasteiger partial charge in [-0.05, 0) is 37.6 Å². The third-order valence-corrected chi connectivity index (χ3v) is 7.16. The molecule has 1 aromatic heterocycles. The molecule has 0 bridgehead atoms. The van der Waals surface area contributed by atoms with E-state index < -0.39 is 0 Å². The predicted octanol–water partition coefficient (Wildman–Crippen LogP) is 4.25. The van der Waals surface area contributed by atoms with Crippen LogP contribution in [0, 0.1) is 11.3 Å². The largest absolute Gasteiger partial charge is 0.370 e. The minimum atomic E-state index is -0.370. The van der Waals surface area contributed by atoms with Gasteiger partial charge in [-0.2, -0.15) is 5.26 Å². The van der Waals surface area contributed by atoms with E-state index in [1.807, 2.05) is 13.8 Å². The van der Waals surface area contributed by atoms with Crippen molar-refractivity contribution in [3.63, 3.8) is 0 Å². The van der Waals surface area contributed by atoms with E-state index in [1.165, 1.54) is 11.8 Å². The number of nitrogens with one attached hydrogen (secondary N) is 2. The summed E-state index contributed by atoms with van der Waals surface area (Å²) in [5, 5.41) is 17.6. The molecule has 0 saturated carbocycles. The number of halogens is 2. The summed E-state index contributed by atoms with van der Waals surface area (Å²) < 4.78 is 6.06. The van der Waals surface area contributed by atoms with Gasteiger partial charge in [0.2, 0.25) is 5.91 Å². The van der Waals surface area contributed by atoms with Crippen LogP contribution in [0.3, 0.4) is 0 Å². The molecule has 1 amide bonds. The lowest BCUT2D eigenvalue weighted by Crippen LogP contribution is -2.45. The van der Waals surface area contributed by atoms with E-state index in [0.29, 0.717) is 39.3 Å². The standard InChI is InChI=1S/C23H25Cl2N5O2S/c1-23(2)10-15-16(11-26)22(29-21(17(15)12-32-23)30-7-5-27-6-8-30)33-13-20(31)28-19-4-3-14(24)9-18(19)25/h3-4,9,27H,5-8,10,12-13H2,1-2H3,(H,28,31). The highest BCUT2D eigenvalue weighted by Crippen LogP contribution is 2.38. The minimum absolute atomic E-state index is 0.0975. The third kappa shape index (κ3) is 5.56. The molecule has 0 radical (unpaired) electrons. The van der Waals surface area contributed by atoms with Crippen LogP contribution in [-0.2, 0) is 22.6 Å². The van der Waals surface area contributed by atoms with Crippen molar-refractivity contribution >= 4 is 52.4 Å². The molecule has 4 rings (SSSR count). The summed E-state index contributed by atoms with van der Waals surface area (Å²) in [7, 11) is 0. The third-order valence-electron chi connectivity index (χ3n) is 5.64. The van der Waals surface area contributed by atoms with Crippen molar-refractivity contribution in [2.45, 2.75) is 37.5 Å². The van der Waals surface area contributed by atoms with Crippen LogP contribution in [0.4, 0.5) is 11.5 Å². The highest BCUT2D eigenvalue weighted by molar-refractivity contribution is 8.00. The quantitative estimate of drug-likeness (QED) is 0.586. The highest BCUT2D eigenvalue weighted by Gasteiger charge is 2.33. The summed E-state index contributed by atoms with van der Waals surface area (Å²) >= 11 is 13.4. The van der Waals surface area contributed by atoms with Crippen LogP contribution in [0.25, 0.3) is 0 Å². The molecule has 1 aromatic carbocycles. The van der Waals surface area contributed by atoms with Crippen LogP contribution in [0.15, 0.2) is 23.2 Å². The number of hydrogen-bond donors (Lipinski definition) is 2. The normalized spacial score (nSPS) is 17.2. The maximum atomic E-state index is 12.6. The van der Waals surface area contributed by atoms with E-state index in [2.05, 4.69) is 21.6 Å². The number of fused-ring (bicyclic) bond motifs is 1. The van der Waals surface area contributed by atoms with E-state index >= 15 is 0 Å².